The van der Waals surface area contributed by atoms with E-state index in [0.29, 0.717) is 0 Å². The van der Waals surface area contributed by atoms with Gasteiger partial charge in [0.2, 0.25) is 0 Å². The van der Waals surface area contributed by atoms with Gasteiger partial charge in [-0.25, -0.2) is 0 Å². The summed E-state index contributed by atoms with van der Waals surface area (Å²) in [6, 6.07) is 10.1. The summed E-state index contributed by atoms with van der Waals surface area (Å²) in [5, 5.41) is 14.8. The van der Waals surface area contributed by atoms with Crippen molar-refractivity contribution in [2.75, 3.05) is 6.61 Å². The minimum absolute atomic E-state index is 0. The molecular weight excluding hydrogens is 281 g/mol. The van der Waals surface area contributed by atoms with Gasteiger partial charge in [0.25, 0.3) is 0 Å². The molecule has 0 spiro atoms. The van der Waals surface area contributed by atoms with Gasteiger partial charge in [0, 0.05) is 0 Å². The van der Waals surface area contributed by atoms with E-state index in [1.807, 2.05) is 30.3 Å². The first kappa shape index (κ1) is 22.5. The molecule has 1 rings (SSSR count). The van der Waals surface area contributed by atoms with Crippen molar-refractivity contribution >= 4 is 0 Å². The normalized spacial score (nSPS) is 9.00. The zero-order valence-corrected chi connectivity index (χ0v) is 15.1. The van der Waals surface area contributed by atoms with Crippen LogP contribution in [0.3, 0.4) is 0 Å². The van der Waals surface area contributed by atoms with Gasteiger partial charge < -0.3 is 20.1 Å². The molecule has 1 aromatic rings. The molecule has 6 heteroatoms. The summed E-state index contributed by atoms with van der Waals surface area (Å²) >= 11 is 0. The molecule has 0 aliphatic carbocycles. The Kier molecular flexibility index (Phi) is 18.5. The number of unbranched alkanes of at least 4 members (excludes halogenated alkanes) is 6. The summed E-state index contributed by atoms with van der Waals surface area (Å²) in [7, 11) is 0. The fraction of sp³-hybridized carbons (Fsp3) is 0.600. The van der Waals surface area contributed by atoms with Crippen molar-refractivity contribution in [2.24, 2.45) is 0 Å². The first-order valence-corrected chi connectivity index (χ1v) is 7.16. The van der Waals surface area contributed by atoms with E-state index < -0.39 is 5.09 Å². The summed E-state index contributed by atoms with van der Waals surface area (Å²) < 4.78 is 5.63. The molecule has 0 aromatic heterocycles. The Morgan fingerprint density at radius 2 is 1.43 bits per heavy atom. The second-order valence-corrected chi connectivity index (χ2v) is 4.51. The van der Waals surface area contributed by atoms with E-state index in [4.69, 9.17) is 20.1 Å². The monoisotopic (exact) mass is 305 g/mol. The van der Waals surface area contributed by atoms with Crippen molar-refractivity contribution in [3.05, 3.63) is 45.7 Å². The quantitative estimate of drug-likeness (QED) is 0.300. The molecule has 0 N–H and O–H groups in total. The van der Waals surface area contributed by atoms with Crippen molar-refractivity contribution in [2.45, 2.75) is 51.9 Å². The zero-order chi connectivity index (χ0) is 15.1. The second-order valence-electron chi connectivity index (χ2n) is 4.51. The van der Waals surface area contributed by atoms with Crippen molar-refractivity contribution in [3.8, 4) is 5.75 Å². The van der Waals surface area contributed by atoms with Crippen molar-refractivity contribution < 1.29 is 39.4 Å². The average Bonchev–Trinajstić information content (AvgIpc) is 2.42. The molecule has 0 aliphatic rings. The van der Waals surface area contributed by atoms with E-state index in [1.165, 1.54) is 44.9 Å². The first-order valence-electron chi connectivity index (χ1n) is 7.16. The van der Waals surface area contributed by atoms with Crippen LogP contribution in [0.4, 0.5) is 0 Å². The number of nitrogens with zero attached hydrogens (tertiary/aromatic N) is 1. The smallest absolute Gasteiger partial charge is 0.494 e. The van der Waals surface area contributed by atoms with Crippen LogP contribution >= 0.6 is 0 Å². The van der Waals surface area contributed by atoms with Gasteiger partial charge in [-0.2, -0.15) is 0 Å². The van der Waals surface area contributed by atoms with Crippen LogP contribution in [0.25, 0.3) is 0 Å². The van der Waals surface area contributed by atoms with Gasteiger partial charge in [0.05, 0.1) is 11.7 Å². The molecule has 0 atom stereocenters. The van der Waals surface area contributed by atoms with E-state index in [-0.39, 0.29) is 29.6 Å². The number of benzene rings is 1. The third-order valence-corrected chi connectivity index (χ3v) is 2.76. The maximum absolute atomic E-state index is 8.25. The van der Waals surface area contributed by atoms with E-state index in [0.717, 1.165) is 12.4 Å². The number of hydrogen-bond acceptors (Lipinski definition) is 4. The topological polar surface area (TPSA) is 75.4 Å². The van der Waals surface area contributed by atoms with Crippen molar-refractivity contribution in [1.29, 1.82) is 0 Å². The molecule has 0 saturated heterocycles. The van der Waals surface area contributed by atoms with Crippen molar-refractivity contribution in [1.82, 2.24) is 0 Å². The third-order valence-electron chi connectivity index (χ3n) is 2.76. The minimum Gasteiger partial charge on any atom is -0.494 e. The van der Waals surface area contributed by atoms with Gasteiger partial charge in [-0.05, 0) is 18.6 Å². The van der Waals surface area contributed by atoms with Crippen LogP contribution in [0, 0.1) is 15.3 Å². The Bertz CT molecular complexity index is 332. The summed E-state index contributed by atoms with van der Waals surface area (Å²) in [6.45, 7) is 3.12. The van der Waals surface area contributed by atoms with Crippen LogP contribution in [-0.2, 0) is 0 Å². The number of ether oxygens (including phenoxy) is 1. The van der Waals surface area contributed by atoms with Crippen LogP contribution in [0.15, 0.2) is 30.3 Å². The molecular formula is C15H24NNaO4. The second kappa shape index (κ2) is 17.3. The van der Waals surface area contributed by atoms with E-state index in [2.05, 4.69) is 6.92 Å². The van der Waals surface area contributed by atoms with Crippen LogP contribution < -0.4 is 34.3 Å². The van der Waals surface area contributed by atoms with Crippen LogP contribution in [-0.4, -0.2) is 11.7 Å². The minimum atomic E-state index is -1.75. The van der Waals surface area contributed by atoms with Crippen LogP contribution in [0.2, 0.25) is 0 Å². The molecule has 0 fully saturated rings. The molecule has 0 unspecified atom stereocenters. The van der Waals surface area contributed by atoms with Crippen LogP contribution in [0.1, 0.15) is 51.9 Å². The summed E-state index contributed by atoms with van der Waals surface area (Å²) in [5.74, 6) is 0.994. The molecule has 0 saturated carbocycles. The maximum Gasteiger partial charge on any atom is 1.00 e. The third kappa shape index (κ3) is 19.2. The van der Waals surface area contributed by atoms with Crippen molar-refractivity contribution in [3.63, 3.8) is 0 Å². The maximum atomic E-state index is 8.25. The molecule has 0 bridgehead atoms. The summed E-state index contributed by atoms with van der Waals surface area (Å²) in [4.78, 5) is 8.25. The molecule has 1 aromatic carbocycles. The fourth-order valence-electron chi connectivity index (χ4n) is 1.77. The predicted molar refractivity (Wildman–Crippen MR) is 80.3 cm³/mol. The van der Waals surface area contributed by atoms with Gasteiger partial charge in [0.15, 0.2) is 0 Å². The fourth-order valence-corrected chi connectivity index (χ4v) is 1.77. The molecule has 0 radical (unpaired) electrons. The predicted octanol–water partition coefficient (Wildman–Crippen LogP) is 1.58. The Balaban J connectivity index is 0. The van der Waals surface area contributed by atoms with Gasteiger partial charge in [0.1, 0.15) is 5.75 Å². The Morgan fingerprint density at radius 3 is 1.95 bits per heavy atom. The number of rotatable bonds is 9. The Morgan fingerprint density at radius 1 is 0.952 bits per heavy atom. The Labute approximate surface area is 149 Å². The molecule has 0 aliphatic heterocycles. The molecule has 0 amide bonds. The first-order chi connectivity index (χ1) is 9.66. The van der Waals surface area contributed by atoms with E-state index in [9.17, 15) is 0 Å². The van der Waals surface area contributed by atoms with Crippen LogP contribution in [0.5, 0.6) is 5.75 Å². The average molecular weight is 305 g/mol. The summed E-state index contributed by atoms with van der Waals surface area (Å²) in [6.07, 6.45) is 9.35. The standard InChI is InChI=1S/C15H24O.NO3.Na/c1-2-3-4-5-6-7-11-14-16-15-12-9-8-10-13-15;2-1(3)4;/h8-10,12-13H,2-7,11,14H2,1H3;;/q;-1;+1. The van der Waals surface area contributed by atoms with Gasteiger partial charge in [-0.3, -0.25) is 0 Å². The Hall–Kier alpha value is -0.780. The molecule has 5 nitrogen and oxygen atoms in total. The van der Waals surface area contributed by atoms with Gasteiger partial charge in [-0.15, -0.1) is 0 Å². The van der Waals surface area contributed by atoms with E-state index in [1.54, 1.807) is 0 Å². The summed E-state index contributed by atoms with van der Waals surface area (Å²) in [5.41, 5.74) is 0. The molecule has 21 heavy (non-hydrogen) atoms. The number of para-hydroxylation sites is 1. The zero-order valence-electron chi connectivity index (χ0n) is 13.1. The SMILES string of the molecule is CCCCCCCCCOc1ccccc1.O=[N+]([O-])[O-].[Na+]. The van der Waals surface area contributed by atoms with Gasteiger partial charge in [-0.1, -0.05) is 63.6 Å². The molecule has 114 valence electrons. The largest absolute Gasteiger partial charge is 1.00 e. The number of hydrogen-bond donors (Lipinski definition) is 0. The molecule has 0 heterocycles. The van der Waals surface area contributed by atoms with E-state index >= 15 is 0 Å². The van der Waals surface area contributed by atoms with Gasteiger partial charge >= 0.3 is 29.6 Å².